The molecule has 3 aromatic rings. The monoisotopic (exact) mass is 606 g/mol. The van der Waals surface area contributed by atoms with Crippen LogP contribution in [-0.2, 0) is 4.79 Å². The second-order valence-electron chi connectivity index (χ2n) is 11.8. The van der Waals surface area contributed by atoms with Gasteiger partial charge in [0.1, 0.15) is 17.4 Å². The Kier molecular flexibility index (Phi) is 7.85. The third kappa shape index (κ3) is 4.97. The Hall–Kier alpha value is -4.18. The molecule has 0 spiro atoms. The predicted octanol–water partition coefficient (Wildman–Crippen LogP) is 5.33. The quantitative estimate of drug-likeness (QED) is 0.378. The number of aromatic hydroxyl groups is 1. The van der Waals surface area contributed by atoms with E-state index in [2.05, 4.69) is 30.7 Å². The Labute approximate surface area is 255 Å². The van der Waals surface area contributed by atoms with Gasteiger partial charge in [0, 0.05) is 25.2 Å². The van der Waals surface area contributed by atoms with Gasteiger partial charge in [-0.1, -0.05) is 38.1 Å². The van der Waals surface area contributed by atoms with Crippen molar-refractivity contribution in [2.24, 2.45) is 5.92 Å². The lowest BCUT2D eigenvalue weighted by Gasteiger charge is -2.45. The third-order valence-corrected chi connectivity index (χ3v) is 8.99. The van der Waals surface area contributed by atoms with Gasteiger partial charge in [0.05, 0.1) is 32.9 Å². The van der Waals surface area contributed by atoms with E-state index in [1.165, 1.54) is 28.8 Å². The van der Waals surface area contributed by atoms with E-state index < -0.39 is 17.0 Å². The second-order valence-corrected chi connectivity index (χ2v) is 12.2. The number of pyridine rings is 1. The number of allylic oxidation sites excluding steroid dienone is 2. The molecule has 43 heavy (non-hydrogen) atoms. The highest BCUT2D eigenvalue weighted by atomic mass is 35.5. The average Bonchev–Trinajstić information content (AvgIpc) is 2.94. The van der Waals surface area contributed by atoms with E-state index in [0.717, 1.165) is 5.57 Å². The fourth-order valence-electron chi connectivity index (χ4n) is 6.04. The summed E-state index contributed by atoms with van der Waals surface area (Å²) in [5.74, 6) is -0.787. The zero-order valence-electron chi connectivity index (χ0n) is 25.2. The van der Waals surface area contributed by atoms with Crippen molar-refractivity contribution in [2.45, 2.75) is 59.2 Å². The van der Waals surface area contributed by atoms with Gasteiger partial charge in [-0.3, -0.25) is 4.79 Å². The fourth-order valence-corrected chi connectivity index (χ4v) is 6.29. The van der Waals surface area contributed by atoms with Crippen LogP contribution in [0, 0.1) is 11.7 Å². The molecular formula is C32H36ClFN6O3. The number of fused-ring (bicyclic) bond motifs is 1. The molecule has 0 bridgehead atoms. The summed E-state index contributed by atoms with van der Waals surface area (Å²) in [6.07, 6.45) is 5.03. The van der Waals surface area contributed by atoms with Gasteiger partial charge in [-0.05, 0) is 75.7 Å². The van der Waals surface area contributed by atoms with Crippen molar-refractivity contribution in [3.8, 4) is 17.0 Å². The van der Waals surface area contributed by atoms with Crippen LogP contribution in [0.25, 0.3) is 28.0 Å². The molecular weight excluding hydrogens is 571 g/mol. The maximum Gasteiger partial charge on any atom is 0.355 e. The standard InChI is InChI=1S/C32H36ClFN6O3/c1-8-25(42)38-15-20(6)39(16-19(38)5)29-21-14-22(33)27(26-23(34)10-9-11-24(26)41)36-30(21)40(31(43)37-29)28-18(4)12-13-35-32(28,7)17(2)3/h8-14,17,19-20,35,41H,1,15-16H2,2-7H3/t19-,20+,32?/m1/s1. The van der Waals surface area contributed by atoms with Crippen LogP contribution >= 0.6 is 11.6 Å². The van der Waals surface area contributed by atoms with Gasteiger partial charge in [-0.25, -0.2) is 18.7 Å². The van der Waals surface area contributed by atoms with Crippen LogP contribution in [0.3, 0.4) is 0 Å². The van der Waals surface area contributed by atoms with Gasteiger partial charge in [-0.2, -0.15) is 4.98 Å². The van der Waals surface area contributed by atoms with Crippen molar-refractivity contribution >= 4 is 40.1 Å². The van der Waals surface area contributed by atoms with Gasteiger partial charge in [-0.15, -0.1) is 0 Å². The highest BCUT2D eigenvalue weighted by molar-refractivity contribution is 6.34. The maximum atomic E-state index is 15.1. The number of nitrogens with zero attached hydrogens (tertiary/aromatic N) is 5. The lowest BCUT2D eigenvalue weighted by Crippen LogP contribution is -2.58. The van der Waals surface area contributed by atoms with E-state index >= 15 is 4.39 Å². The Morgan fingerprint density at radius 3 is 2.63 bits per heavy atom. The maximum absolute atomic E-state index is 15.1. The summed E-state index contributed by atoms with van der Waals surface area (Å²) in [7, 11) is 0. The van der Waals surface area contributed by atoms with Crippen molar-refractivity contribution < 1.29 is 14.3 Å². The molecule has 1 saturated heterocycles. The number of piperazine rings is 1. The first-order valence-electron chi connectivity index (χ1n) is 14.3. The number of anilines is 1. The topological polar surface area (TPSA) is 104 Å². The summed E-state index contributed by atoms with van der Waals surface area (Å²) in [6.45, 7) is 16.3. The average molecular weight is 607 g/mol. The summed E-state index contributed by atoms with van der Waals surface area (Å²) in [5.41, 5.74) is 0.298. The zero-order valence-corrected chi connectivity index (χ0v) is 25.9. The fraction of sp³-hybridized carbons (Fsp3) is 0.375. The minimum atomic E-state index is -0.702. The number of dihydropyridines is 1. The lowest BCUT2D eigenvalue weighted by molar-refractivity contribution is -0.128. The third-order valence-electron chi connectivity index (χ3n) is 8.71. The van der Waals surface area contributed by atoms with Gasteiger partial charge in [0.25, 0.3) is 0 Å². The molecule has 1 unspecified atom stereocenters. The second kappa shape index (κ2) is 11.1. The predicted molar refractivity (Wildman–Crippen MR) is 168 cm³/mol. The molecule has 1 fully saturated rings. The molecule has 5 rings (SSSR count). The van der Waals surface area contributed by atoms with Gasteiger partial charge in [0.15, 0.2) is 5.65 Å². The highest BCUT2D eigenvalue weighted by Gasteiger charge is 2.39. The minimum absolute atomic E-state index is 0.00157. The SMILES string of the molecule is C=CC(=O)N1C[C@H](C)N(c2nc(=O)n(C3=C(C)C=CNC3(C)C(C)C)c3nc(-c4c(O)cccc4F)c(Cl)cc23)C[C@H]1C. The number of rotatable bonds is 5. The van der Waals surface area contributed by atoms with Crippen LogP contribution in [-0.4, -0.2) is 61.2 Å². The van der Waals surface area contributed by atoms with Crippen molar-refractivity contribution in [1.29, 1.82) is 0 Å². The Morgan fingerprint density at radius 1 is 1.26 bits per heavy atom. The number of hydrogen-bond acceptors (Lipinski definition) is 7. The number of carbonyl (C=O) groups is 1. The number of phenolic OH excluding ortho intramolecular Hbond substituents is 1. The van der Waals surface area contributed by atoms with E-state index in [1.807, 2.05) is 44.9 Å². The molecule has 2 aliphatic heterocycles. The number of aromatic nitrogens is 3. The molecule has 226 valence electrons. The summed E-state index contributed by atoms with van der Waals surface area (Å²) < 4.78 is 16.6. The zero-order chi connectivity index (χ0) is 31.4. The normalized spacial score (nSPS) is 22.3. The van der Waals surface area contributed by atoms with E-state index in [0.29, 0.717) is 30.0 Å². The molecule has 0 aliphatic carbocycles. The number of halogens is 2. The number of carbonyl (C=O) groups excluding carboxylic acids is 1. The minimum Gasteiger partial charge on any atom is -0.507 e. The molecule has 11 heteroatoms. The summed E-state index contributed by atoms with van der Waals surface area (Å²) >= 11 is 6.78. The summed E-state index contributed by atoms with van der Waals surface area (Å²) in [6, 6.07) is 5.19. The molecule has 9 nitrogen and oxygen atoms in total. The van der Waals surface area contributed by atoms with Crippen LogP contribution in [0.5, 0.6) is 5.75 Å². The molecule has 2 aliphatic rings. The number of nitrogens with one attached hydrogen (secondary N) is 1. The Bertz CT molecular complexity index is 1750. The van der Waals surface area contributed by atoms with Crippen molar-refractivity contribution in [3.63, 3.8) is 0 Å². The van der Waals surface area contributed by atoms with Crippen molar-refractivity contribution in [2.75, 3.05) is 18.0 Å². The number of amides is 1. The molecule has 1 aromatic carbocycles. The van der Waals surface area contributed by atoms with Gasteiger partial charge >= 0.3 is 5.69 Å². The molecule has 0 saturated carbocycles. The first kappa shape index (κ1) is 30.3. The molecule has 2 N–H and O–H groups in total. The van der Waals surface area contributed by atoms with Crippen molar-refractivity contribution in [1.82, 2.24) is 24.8 Å². The van der Waals surface area contributed by atoms with E-state index in [4.69, 9.17) is 16.6 Å². The van der Waals surface area contributed by atoms with Crippen LogP contribution in [0.4, 0.5) is 10.2 Å². The number of phenols is 1. The van der Waals surface area contributed by atoms with Crippen LogP contribution in [0.15, 0.2) is 59.6 Å². The lowest BCUT2D eigenvalue weighted by atomic mass is 9.81. The molecule has 2 aromatic heterocycles. The van der Waals surface area contributed by atoms with Gasteiger partial charge in [0.2, 0.25) is 5.91 Å². The first-order valence-corrected chi connectivity index (χ1v) is 14.6. The van der Waals surface area contributed by atoms with Crippen molar-refractivity contribution in [3.05, 3.63) is 76.1 Å². The smallest absolute Gasteiger partial charge is 0.355 e. The molecule has 0 radical (unpaired) electrons. The van der Waals surface area contributed by atoms with E-state index in [1.54, 1.807) is 11.0 Å². The van der Waals surface area contributed by atoms with Gasteiger partial charge < -0.3 is 20.2 Å². The molecule has 3 atom stereocenters. The van der Waals surface area contributed by atoms with E-state index in [-0.39, 0.29) is 51.6 Å². The van der Waals surface area contributed by atoms with Crippen LogP contribution < -0.4 is 15.9 Å². The molecule has 1 amide bonds. The molecule has 4 heterocycles. The summed E-state index contributed by atoms with van der Waals surface area (Å²) in [4.78, 5) is 39.8. The largest absolute Gasteiger partial charge is 0.507 e. The Morgan fingerprint density at radius 2 is 1.98 bits per heavy atom. The first-order chi connectivity index (χ1) is 20.3. The number of hydrogen-bond donors (Lipinski definition) is 2. The summed E-state index contributed by atoms with van der Waals surface area (Å²) in [5, 5.41) is 14.6. The van der Waals surface area contributed by atoms with Crippen LogP contribution in [0.1, 0.15) is 41.5 Å². The Balaban J connectivity index is 1.84. The number of benzene rings is 1. The highest BCUT2D eigenvalue weighted by Crippen LogP contribution is 2.41. The van der Waals surface area contributed by atoms with E-state index in [9.17, 15) is 14.7 Å². The van der Waals surface area contributed by atoms with Crippen LogP contribution in [0.2, 0.25) is 5.02 Å².